The summed E-state index contributed by atoms with van der Waals surface area (Å²) < 4.78 is 32.0. The number of hydrogen-bond acceptors (Lipinski definition) is 3. The van der Waals surface area contributed by atoms with Gasteiger partial charge in [-0.1, -0.05) is 15.9 Å². The second kappa shape index (κ2) is 6.00. The van der Waals surface area contributed by atoms with Crippen LogP contribution in [-0.2, 0) is 11.3 Å². The lowest BCUT2D eigenvalue weighted by atomic mass is 10.2. The molecular weight excluding hydrogens is 332 g/mol. The third kappa shape index (κ3) is 3.33. The van der Waals surface area contributed by atoms with Crippen LogP contribution in [0.1, 0.15) is 15.9 Å². The Kier molecular flexibility index (Phi) is 4.34. The van der Waals surface area contributed by atoms with Crippen LogP contribution in [0.4, 0.5) is 14.5 Å². The Hall–Kier alpha value is -1.95. The van der Waals surface area contributed by atoms with Gasteiger partial charge in [0.25, 0.3) is 0 Å². The first kappa shape index (κ1) is 14.5. The van der Waals surface area contributed by atoms with E-state index in [1.54, 1.807) is 6.07 Å². The highest BCUT2D eigenvalue weighted by atomic mass is 79.9. The highest BCUT2D eigenvalue weighted by Crippen LogP contribution is 2.18. The minimum absolute atomic E-state index is 0.0234. The van der Waals surface area contributed by atoms with Gasteiger partial charge in [0.2, 0.25) is 0 Å². The summed E-state index contributed by atoms with van der Waals surface area (Å²) in [7, 11) is 0. The molecule has 0 spiro atoms. The summed E-state index contributed by atoms with van der Waals surface area (Å²) in [6, 6.07) is 7.67. The van der Waals surface area contributed by atoms with Crippen molar-refractivity contribution in [3.63, 3.8) is 0 Å². The molecule has 3 nitrogen and oxygen atoms in total. The van der Waals surface area contributed by atoms with E-state index < -0.39 is 17.6 Å². The first-order valence-corrected chi connectivity index (χ1v) is 6.43. The van der Waals surface area contributed by atoms with E-state index >= 15 is 0 Å². The molecule has 2 rings (SSSR count). The zero-order chi connectivity index (χ0) is 14.7. The number of benzene rings is 2. The number of nitrogen functional groups attached to an aromatic ring is 1. The topological polar surface area (TPSA) is 52.3 Å². The number of carbonyl (C=O) groups excluding carboxylic acids is 1. The standard InChI is InChI=1S/C14H10BrF2NO2/c15-9-1-4-12(17)8(5-9)7-20-14(19)11-3-2-10(16)6-13(11)18/h1-6H,7,18H2. The molecule has 6 heteroatoms. The highest BCUT2D eigenvalue weighted by Gasteiger charge is 2.13. The summed E-state index contributed by atoms with van der Waals surface area (Å²) in [6.45, 7) is -0.235. The maximum absolute atomic E-state index is 13.5. The predicted molar refractivity (Wildman–Crippen MR) is 74.0 cm³/mol. The van der Waals surface area contributed by atoms with Crippen LogP contribution in [-0.4, -0.2) is 5.97 Å². The number of hydrogen-bond donors (Lipinski definition) is 1. The highest BCUT2D eigenvalue weighted by molar-refractivity contribution is 9.10. The molecule has 0 aliphatic heterocycles. The molecule has 0 bridgehead atoms. The largest absolute Gasteiger partial charge is 0.457 e. The van der Waals surface area contributed by atoms with Crippen LogP contribution in [0.3, 0.4) is 0 Å². The van der Waals surface area contributed by atoms with Gasteiger partial charge in [-0.15, -0.1) is 0 Å². The molecular formula is C14H10BrF2NO2. The van der Waals surface area contributed by atoms with Crippen molar-refractivity contribution < 1.29 is 18.3 Å². The molecule has 0 saturated heterocycles. The number of nitrogens with two attached hydrogens (primary N) is 1. The van der Waals surface area contributed by atoms with Gasteiger partial charge in [0.05, 0.1) is 5.56 Å². The van der Waals surface area contributed by atoms with Crippen molar-refractivity contribution in [3.8, 4) is 0 Å². The number of anilines is 1. The Labute approximate surface area is 122 Å². The lowest BCUT2D eigenvalue weighted by molar-refractivity contribution is 0.0470. The van der Waals surface area contributed by atoms with Crippen molar-refractivity contribution in [2.75, 3.05) is 5.73 Å². The van der Waals surface area contributed by atoms with Crippen LogP contribution in [0.15, 0.2) is 40.9 Å². The van der Waals surface area contributed by atoms with Crippen LogP contribution >= 0.6 is 15.9 Å². The number of rotatable bonds is 3. The molecule has 0 aliphatic rings. The molecule has 0 amide bonds. The number of esters is 1. The van der Waals surface area contributed by atoms with E-state index in [2.05, 4.69) is 15.9 Å². The van der Waals surface area contributed by atoms with E-state index in [0.29, 0.717) is 4.47 Å². The van der Waals surface area contributed by atoms with Crippen LogP contribution in [0.5, 0.6) is 0 Å². The average Bonchev–Trinajstić information content (AvgIpc) is 2.39. The molecule has 104 valence electrons. The molecule has 2 N–H and O–H groups in total. The molecule has 0 aromatic heterocycles. The molecule has 0 fully saturated rings. The minimum Gasteiger partial charge on any atom is -0.457 e. The summed E-state index contributed by atoms with van der Waals surface area (Å²) in [4.78, 5) is 11.8. The Balaban J connectivity index is 2.10. The third-order valence-corrected chi connectivity index (χ3v) is 3.09. The van der Waals surface area contributed by atoms with E-state index in [9.17, 15) is 13.6 Å². The van der Waals surface area contributed by atoms with Crippen LogP contribution < -0.4 is 5.73 Å². The van der Waals surface area contributed by atoms with Gasteiger partial charge < -0.3 is 10.5 Å². The van der Waals surface area contributed by atoms with E-state index in [1.165, 1.54) is 18.2 Å². The van der Waals surface area contributed by atoms with Crippen molar-refractivity contribution in [1.29, 1.82) is 0 Å². The van der Waals surface area contributed by atoms with Crippen molar-refractivity contribution in [2.45, 2.75) is 6.61 Å². The van der Waals surface area contributed by atoms with Gasteiger partial charge in [-0.05, 0) is 36.4 Å². The summed E-state index contributed by atoms with van der Waals surface area (Å²) in [6.07, 6.45) is 0. The molecule has 0 unspecified atom stereocenters. The maximum atomic E-state index is 13.5. The molecule has 2 aromatic rings. The third-order valence-electron chi connectivity index (χ3n) is 2.60. The van der Waals surface area contributed by atoms with Crippen LogP contribution in [0, 0.1) is 11.6 Å². The van der Waals surface area contributed by atoms with Gasteiger partial charge in [0.1, 0.15) is 18.2 Å². The van der Waals surface area contributed by atoms with Crippen molar-refractivity contribution >= 4 is 27.6 Å². The Morgan fingerprint density at radius 3 is 2.65 bits per heavy atom. The summed E-state index contributed by atoms with van der Waals surface area (Å²) in [5.74, 6) is -1.76. The molecule has 0 heterocycles. The lowest BCUT2D eigenvalue weighted by Crippen LogP contribution is -2.09. The van der Waals surface area contributed by atoms with Crippen LogP contribution in [0.25, 0.3) is 0 Å². The van der Waals surface area contributed by atoms with E-state index in [1.807, 2.05) is 0 Å². The zero-order valence-electron chi connectivity index (χ0n) is 10.2. The number of carbonyl (C=O) groups is 1. The Morgan fingerprint density at radius 2 is 1.95 bits per heavy atom. The molecule has 0 aliphatic carbocycles. The predicted octanol–water partition coefficient (Wildman–Crippen LogP) is 3.67. The van der Waals surface area contributed by atoms with Crippen molar-refractivity contribution in [1.82, 2.24) is 0 Å². The fourth-order valence-corrected chi connectivity index (χ4v) is 2.00. The van der Waals surface area contributed by atoms with E-state index in [-0.39, 0.29) is 23.4 Å². The average molecular weight is 342 g/mol. The fraction of sp³-hybridized carbons (Fsp3) is 0.0714. The van der Waals surface area contributed by atoms with Gasteiger partial charge in [0, 0.05) is 15.7 Å². The van der Waals surface area contributed by atoms with Gasteiger partial charge in [-0.2, -0.15) is 0 Å². The summed E-state index contributed by atoms with van der Waals surface area (Å²) >= 11 is 3.20. The Bertz CT molecular complexity index is 662. The minimum atomic E-state index is -0.734. The molecule has 20 heavy (non-hydrogen) atoms. The lowest BCUT2D eigenvalue weighted by Gasteiger charge is -2.08. The van der Waals surface area contributed by atoms with Crippen molar-refractivity contribution in [3.05, 3.63) is 63.6 Å². The van der Waals surface area contributed by atoms with Crippen LogP contribution in [0.2, 0.25) is 0 Å². The van der Waals surface area contributed by atoms with E-state index in [0.717, 1.165) is 12.1 Å². The first-order chi connectivity index (χ1) is 9.47. The summed E-state index contributed by atoms with van der Waals surface area (Å²) in [5.41, 5.74) is 5.77. The van der Waals surface area contributed by atoms with Crippen molar-refractivity contribution in [2.24, 2.45) is 0 Å². The second-order valence-electron chi connectivity index (χ2n) is 4.04. The number of halogens is 3. The van der Waals surface area contributed by atoms with Gasteiger partial charge >= 0.3 is 5.97 Å². The van der Waals surface area contributed by atoms with E-state index in [4.69, 9.17) is 10.5 Å². The summed E-state index contributed by atoms with van der Waals surface area (Å²) in [5, 5.41) is 0. The Morgan fingerprint density at radius 1 is 1.20 bits per heavy atom. The number of ether oxygens (including phenoxy) is 1. The van der Waals surface area contributed by atoms with Gasteiger partial charge in [-0.3, -0.25) is 0 Å². The smallest absolute Gasteiger partial charge is 0.340 e. The normalized spacial score (nSPS) is 10.3. The quantitative estimate of drug-likeness (QED) is 0.684. The molecule has 0 saturated carbocycles. The molecule has 2 aromatic carbocycles. The first-order valence-electron chi connectivity index (χ1n) is 5.63. The monoisotopic (exact) mass is 341 g/mol. The SMILES string of the molecule is Nc1cc(F)ccc1C(=O)OCc1cc(Br)ccc1F. The molecule has 0 radical (unpaired) electrons. The second-order valence-corrected chi connectivity index (χ2v) is 4.96. The molecule has 0 atom stereocenters. The fourth-order valence-electron chi connectivity index (χ4n) is 1.59. The zero-order valence-corrected chi connectivity index (χ0v) is 11.8. The van der Waals surface area contributed by atoms with Gasteiger partial charge in [-0.25, -0.2) is 13.6 Å². The van der Waals surface area contributed by atoms with Gasteiger partial charge in [0.15, 0.2) is 0 Å². The maximum Gasteiger partial charge on any atom is 0.340 e.